The quantitative estimate of drug-likeness (QED) is 0.465. The number of rotatable bonds is 9. The highest BCUT2D eigenvalue weighted by Gasteiger charge is 2.61. The maximum atomic E-state index is 15.5. The van der Waals surface area contributed by atoms with E-state index in [0.29, 0.717) is 11.4 Å². The number of halogens is 3. The minimum absolute atomic E-state index is 0.0134. The van der Waals surface area contributed by atoms with Gasteiger partial charge in [-0.25, -0.2) is 25.6 Å². The van der Waals surface area contributed by atoms with Gasteiger partial charge in [-0.1, -0.05) is 11.6 Å². The Morgan fingerprint density at radius 2 is 1.71 bits per heavy atom. The molecule has 2 aromatic carbocycles. The van der Waals surface area contributed by atoms with Crippen molar-refractivity contribution in [2.24, 2.45) is 5.92 Å². The lowest BCUT2D eigenvalue weighted by molar-refractivity contribution is -0.0732. The Morgan fingerprint density at radius 3 is 2.37 bits per heavy atom. The van der Waals surface area contributed by atoms with E-state index in [0.717, 1.165) is 12.1 Å². The Labute approximate surface area is 227 Å². The van der Waals surface area contributed by atoms with Gasteiger partial charge in [-0.15, -0.1) is 0 Å². The van der Waals surface area contributed by atoms with Gasteiger partial charge in [0.1, 0.15) is 20.4 Å². The molecule has 38 heavy (non-hydrogen) atoms. The second kappa shape index (κ2) is 10.6. The third-order valence-corrected chi connectivity index (χ3v) is 12.3. The van der Waals surface area contributed by atoms with Crippen LogP contribution in [-0.2, 0) is 29.2 Å². The number of benzene rings is 2. The Morgan fingerprint density at radius 1 is 1.05 bits per heavy atom. The molecule has 7 nitrogen and oxygen atoms in total. The zero-order valence-corrected chi connectivity index (χ0v) is 23.9. The van der Waals surface area contributed by atoms with Crippen molar-refractivity contribution in [2.75, 3.05) is 31.8 Å². The SMILES string of the molecule is CNC(C)(C)CCS(=O)(=O)CC[C@@H]1OCC[C@@]2(S(=O)(=O)c3ccc(Cl)cc3)c3c(F)ccc(F)c3OC[C@@H]12. The first kappa shape index (κ1) is 29.2. The summed E-state index contributed by atoms with van der Waals surface area (Å²) in [6, 6.07) is 7.27. The third kappa shape index (κ3) is 5.32. The first-order valence-corrected chi connectivity index (χ1v) is 16.0. The summed E-state index contributed by atoms with van der Waals surface area (Å²) in [5, 5.41) is 3.39. The predicted molar refractivity (Wildman–Crippen MR) is 141 cm³/mol. The van der Waals surface area contributed by atoms with Crippen molar-refractivity contribution >= 4 is 31.3 Å². The fourth-order valence-corrected chi connectivity index (χ4v) is 9.36. The first-order chi connectivity index (χ1) is 17.7. The van der Waals surface area contributed by atoms with Crippen molar-refractivity contribution in [1.29, 1.82) is 0 Å². The largest absolute Gasteiger partial charge is 0.490 e. The van der Waals surface area contributed by atoms with E-state index >= 15 is 4.39 Å². The molecule has 0 radical (unpaired) electrons. The van der Waals surface area contributed by atoms with Gasteiger partial charge in [-0.2, -0.15) is 0 Å². The summed E-state index contributed by atoms with van der Waals surface area (Å²) in [6.07, 6.45) is -0.662. The fraction of sp³-hybridized carbons (Fsp3) is 0.538. The van der Waals surface area contributed by atoms with Crippen molar-refractivity contribution in [3.05, 3.63) is 58.6 Å². The van der Waals surface area contributed by atoms with Crippen molar-refractivity contribution in [3.8, 4) is 5.75 Å². The maximum absolute atomic E-state index is 15.5. The van der Waals surface area contributed by atoms with E-state index in [9.17, 15) is 21.2 Å². The molecule has 0 amide bonds. The van der Waals surface area contributed by atoms with Crippen LogP contribution >= 0.6 is 11.6 Å². The summed E-state index contributed by atoms with van der Waals surface area (Å²) in [5.74, 6) is -3.52. The molecule has 2 aromatic rings. The number of sulfone groups is 2. The summed E-state index contributed by atoms with van der Waals surface area (Å²) in [6.45, 7) is 3.42. The Hall–Kier alpha value is -1.79. The van der Waals surface area contributed by atoms with Gasteiger partial charge < -0.3 is 14.8 Å². The lowest BCUT2D eigenvalue weighted by atomic mass is 9.75. The van der Waals surface area contributed by atoms with Crippen LogP contribution in [0.4, 0.5) is 8.78 Å². The average Bonchev–Trinajstić information content (AvgIpc) is 2.88. The van der Waals surface area contributed by atoms with Crippen LogP contribution in [0.15, 0.2) is 41.3 Å². The van der Waals surface area contributed by atoms with Crippen LogP contribution in [0.2, 0.25) is 5.02 Å². The van der Waals surface area contributed by atoms with Gasteiger partial charge in [0.05, 0.1) is 34.7 Å². The normalized spacial score (nSPS) is 23.8. The second-order valence-corrected chi connectivity index (χ2v) is 15.4. The number of hydrogen-bond donors (Lipinski definition) is 1. The van der Waals surface area contributed by atoms with Crippen LogP contribution in [0.5, 0.6) is 5.75 Å². The van der Waals surface area contributed by atoms with E-state index in [1.54, 1.807) is 7.05 Å². The molecule has 2 aliphatic rings. The standard InChI is InChI=1S/C26H32ClF2NO6S2/c1-25(2,30-3)12-15-37(31,32)14-10-22-19-16-36-24-21(29)9-8-20(28)23(24)26(19,11-13-35-22)38(33,34)18-6-4-17(27)5-7-18/h4-9,19,22,30H,10-16H2,1-3H3/t19-,22-,26-/m0/s1. The zero-order chi connectivity index (χ0) is 27.9. The maximum Gasteiger partial charge on any atom is 0.189 e. The molecule has 4 rings (SSSR count). The molecule has 0 aromatic heterocycles. The topological polar surface area (TPSA) is 98.8 Å². The van der Waals surface area contributed by atoms with Crippen molar-refractivity contribution in [2.45, 2.75) is 54.4 Å². The molecule has 0 bridgehead atoms. The first-order valence-electron chi connectivity index (χ1n) is 12.4. The van der Waals surface area contributed by atoms with Gasteiger partial charge in [0, 0.05) is 23.1 Å². The highest BCUT2D eigenvalue weighted by atomic mass is 35.5. The lowest BCUT2D eigenvalue weighted by Crippen LogP contribution is -2.57. The average molecular weight is 592 g/mol. The van der Waals surface area contributed by atoms with Crippen LogP contribution < -0.4 is 10.1 Å². The molecular formula is C26H32ClF2NO6S2. The molecule has 3 atom stereocenters. The van der Waals surface area contributed by atoms with Crippen LogP contribution in [0.3, 0.4) is 0 Å². The highest BCUT2D eigenvalue weighted by Crippen LogP contribution is 2.56. The summed E-state index contributed by atoms with van der Waals surface area (Å²) in [5.41, 5.74) is -0.755. The molecule has 0 aliphatic carbocycles. The van der Waals surface area contributed by atoms with E-state index in [1.165, 1.54) is 24.3 Å². The summed E-state index contributed by atoms with van der Waals surface area (Å²) in [4.78, 5) is -0.106. The van der Waals surface area contributed by atoms with Crippen LogP contribution in [0.1, 0.15) is 38.7 Å². The molecule has 1 N–H and O–H groups in total. The van der Waals surface area contributed by atoms with E-state index < -0.39 is 53.8 Å². The minimum atomic E-state index is -4.36. The van der Waals surface area contributed by atoms with Gasteiger partial charge >= 0.3 is 0 Å². The van der Waals surface area contributed by atoms with Crippen LogP contribution in [0, 0.1) is 17.6 Å². The summed E-state index contributed by atoms with van der Waals surface area (Å²) < 4.78 is 94.2. The molecule has 1 fully saturated rings. The molecule has 0 saturated carbocycles. The van der Waals surface area contributed by atoms with Gasteiger partial charge in [-0.05, 0) is 76.6 Å². The van der Waals surface area contributed by atoms with Crippen molar-refractivity contribution in [1.82, 2.24) is 5.32 Å². The number of ether oxygens (including phenoxy) is 2. The monoisotopic (exact) mass is 591 g/mol. The predicted octanol–water partition coefficient (Wildman–Crippen LogP) is 4.28. The van der Waals surface area contributed by atoms with Gasteiger partial charge in [0.2, 0.25) is 0 Å². The van der Waals surface area contributed by atoms with Crippen LogP contribution in [0.25, 0.3) is 0 Å². The molecule has 1 saturated heterocycles. The molecular weight excluding hydrogens is 560 g/mol. The molecule has 0 spiro atoms. The Bertz CT molecular complexity index is 1400. The fourth-order valence-electron chi connectivity index (χ4n) is 5.27. The van der Waals surface area contributed by atoms with E-state index in [-0.39, 0.29) is 53.6 Å². The summed E-state index contributed by atoms with van der Waals surface area (Å²) in [7, 11) is -6.11. The lowest BCUT2D eigenvalue weighted by Gasteiger charge is -2.50. The number of fused-ring (bicyclic) bond motifs is 3. The van der Waals surface area contributed by atoms with Gasteiger partial charge in [-0.3, -0.25) is 0 Å². The molecule has 210 valence electrons. The van der Waals surface area contributed by atoms with Crippen molar-refractivity contribution in [3.63, 3.8) is 0 Å². The molecule has 2 heterocycles. The van der Waals surface area contributed by atoms with E-state index in [2.05, 4.69) is 5.32 Å². The van der Waals surface area contributed by atoms with Crippen LogP contribution in [-0.4, -0.2) is 60.2 Å². The van der Waals surface area contributed by atoms with E-state index in [1.807, 2.05) is 13.8 Å². The molecule has 2 aliphatic heterocycles. The Balaban J connectivity index is 1.75. The smallest absolute Gasteiger partial charge is 0.189 e. The highest BCUT2D eigenvalue weighted by molar-refractivity contribution is 7.92. The number of nitrogens with one attached hydrogen (secondary N) is 1. The summed E-state index contributed by atoms with van der Waals surface area (Å²) >= 11 is 5.98. The van der Waals surface area contributed by atoms with E-state index in [4.69, 9.17) is 21.1 Å². The second-order valence-electron chi connectivity index (χ2n) is 10.5. The Kier molecular flexibility index (Phi) is 8.18. The van der Waals surface area contributed by atoms with Gasteiger partial charge in [0.25, 0.3) is 0 Å². The third-order valence-electron chi connectivity index (χ3n) is 7.77. The minimum Gasteiger partial charge on any atom is -0.490 e. The van der Waals surface area contributed by atoms with Crippen molar-refractivity contribution < 1.29 is 35.1 Å². The molecule has 12 heteroatoms. The molecule has 0 unspecified atom stereocenters. The number of hydrogen-bond acceptors (Lipinski definition) is 7. The zero-order valence-electron chi connectivity index (χ0n) is 21.5. The van der Waals surface area contributed by atoms with Gasteiger partial charge in [0.15, 0.2) is 21.4 Å².